The van der Waals surface area contributed by atoms with Crippen molar-refractivity contribution in [1.29, 1.82) is 0 Å². The van der Waals surface area contributed by atoms with Gasteiger partial charge in [-0.25, -0.2) is 9.55 Å². The van der Waals surface area contributed by atoms with E-state index in [9.17, 15) is 0 Å². The van der Waals surface area contributed by atoms with Crippen LogP contribution in [0.1, 0.15) is 199 Å². The number of rotatable bonds is 29. The minimum Gasteiger partial charge on any atom is -0.247 e. The normalized spacial score (nSPS) is 11.5. The highest BCUT2D eigenvalue weighted by Crippen LogP contribution is 2.15. The van der Waals surface area contributed by atoms with E-state index in [1.165, 1.54) is 192 Å². The fraction of sp³-hybridized carbons (Fsp3) is 0.914. The lowest BCUT2D eigenvalue weighted by molar-refractivity contribution is -0.710. The molecule has 1 heterocycles. The van der Waals surface area contributed by atoms with Gasteiger partial charge in [0, 0.05) is 12.8 Å². The molecule has 1 aromatic heterocycles. The molecule has 1 aromatic rings. The molecule has 0 radical (unpaired) electrons. The first-order chi connectivity index (χ1) is 18.3. The molecule has 218 valence electrons. The molecule has 0 fully saturated rings. The van der Waals surface area contributed by atoms with Crippen molar-refractivity contribution in [3.8, 4) is 0 Å². The SMILES string of the molecule is CCCCCCCCCCCCCCCCCCCc1c[nH]c(CCCC)[n+]1CCCCCCCCC. The van der Waals surface area contributed by atoms with Crippen LogP contribution >= 0.6 is 0 Å². The summed E-state index contributed by atoms with van der Waals surface area (Å²) in [5.74, 6) is 1.48. The summed E-state index contributed by atoms with van der Waals surface area (Å²) >= 11 is 0. The van der Waals surface area contributed by atoms with E-state index in [-0.39, 0.29) is 0 Å². The summed E-state index contributed by atoms with van der Waals surface area (Å²) in [5.41, 5.74) is 1.57. The van der Waals surface area contributed by atoms with Crippen molar-refractivity contribution in [1.82, 2.24) is 4.98 Å². The number of hydrogen-bond acceptors (Lipinski definition) is 0. The first-order valence-corrected chi connectivity index (χ1v) is 17.4. The van der Waals surface area contributed by atoms with Crippen LogP contribution in [-0.2, 0) is 19.4 Å². The molecule has 0 atom stereocenters. The van der Waals surface area contributed by atoms with Gasteiger partial charge in [-0.05, 0) is 25.7 Å². The van der Waals surface area contributed by atoms with Gasteiger partial charge in [0.15, 0.2) is 0 Å². The second-order valence-corrected chi connectivity index (χ2v) is 12.0. The summed E-state index contributed by atoms with van der Waals surface area (Å²) in [4.78, 5) is 3.65. The van der Waals surface area contributed by atoms with Gasteiger partial charge in [0.1, 0.15) is 11.9 Å². The standard InChI is InChI=1S/C35H68N2/c1-4-7-10-12-14-15-16-17-18-19-20-21-22-23-24-26-28-30-34-33-36-35(31-9-6-3)37(34)32-29-27-25-13-11-8-5-2/h33H,4-32H2,1-3H3/p+1. The molecule has 2 nitrogen and oxygen atoms in total. The number of aromatic amines is 1. The van der Waals surface area contributed by atoms with Crippen molar-refractivity contribution in [2.24, 2.45) is 0 Å². The largest absolute Gasteiger partial charge is 0.254 e. The van der Waals surface area contributed by atoms with E-state index in [0.29, 0.717) is 0 Å². The Morgan fingerprint density at radius 1 is 0.432 bits per heavy atom. The molecule has 2 heteroatoms. The summed E-state index contributed by atoms with van der Waals surface area (Å²) in [7, 11) is 0. The Morgan fingerprint density at radius 3 is 1.24 bits per heavy atom. The molecule has 1 rings (SSSR count). The first-order valence-electron chi connectivity index (χ1n) is 17.4. The Morgan fingerprint density at radius 2 is 0.811 bits per heavy atom. The zero-order chi connectivity index (χ0) is 26.7. The van der Waals surface area contributed by atoms with Gasteiger partial charge in [-0.2, -0.15) is 0 Å². The smallest absolute Gasteiger partial charge is 0.247 e. The molecule has 0 unspecified atom stereocenters. The molecule has 1 N–H and O–H groups in total. The molecule has 0 amide bonds. The fourth-order valence-corrected chi connectivity index (χ4v) is 5.79. The van der Waals surface area contributed by atoms with Crippen molar-refractivity contribution >= 4 is 0 Å². The summed E-state index contributed by atoms with van der Waals surface area (Å²) in [6, 6.07) is 0. The third-order valence-electron chi connectivity index (χ3n) is 8.37. The van der Waals surface area contributed by atoms with E-state index in [1.54, 1.807) is 5.69 Å². The van der Waals surface area contributed by atoms with Crippen LogP contribution in [0, 0.1) is 0 Å². The van der Waals surface area contributed by atoms with Crippen LogP contribution < -0.4 is 4.57 Å². The maximum Gasteiger partial charge on any atom is 0.254 e. The van der Waals surface area contributed by atoms with E-state index >= 15 is 0 Å². The van der Waals surface area contributed by atoms with E-state index in [0.717, 1.165) is 0 Å². The number of aryl methyl sites for hydroxylation is 2. The lowest BCUT2D eigenvalue weighted by atomic mass is 10.0. The van der Waals surface area contributed by atoms with Crippen LogP contribution in [0.3, 0.4) is 0 Å². The maximum absolute atomic E-state index is 3.65. The second-order valence-electron chi connectivity index (χ2n) is 12.0. The number of unbranched alkanes of at least 4 members (excludes halogenated alkanes) is 23. The first kappa shape index (κ1) is 34.2. The van der Waals surface area contributed by atoms with Gasteiger partial charge in [0.05, 0.1) is 6.54 Å². The number of hydrogen-bond donors (Lipinski definition) is 1. The zero-order valence-electron chi connectivity index (χ0n) is 26.0. The number of nitrogens with zero attached hydrogens (tertiary/aromatic N) is 1. The number of H-pyrrole nitrogens is 1. The number of imidazole rings is 1. The van der Waals surface area contributed by atoms with Crippen LogP contribution in [0.4, 0.5) is 0 Å². The molecule has 0 saturated heterocycles. The quantitative estimate of drug-likeness (QED) is 0.0805. The molecular formula is C35H69N2+. The summed E-state index contributed by atoms with van der Waals surface area (Å²) in [6.07, 6.45) is 41.8. The minimum absolute atomic E-state index is 1.21. The highest BCUT2D eigenvalue weighted by Gasteiger charge is 2.16. The van der Waals surface area contributed by atoms with Gasteiger partial charge in [-0.15, -0.1) is 0 Å². The van der Waals surface area contributed by atoms with Crippen molar-refractivity contribution < 1.29 is 4.57 Å². The predicted molar refractivity (Wildman–Crippen MR) is 165 cm³/mol. The Bertz CT molecular complexity index is 576. The lowest BCUT2D eigenvalue weighted by Crippen LogP contribution is -2.40. The van der Waals surface area contributed by atoms with Crippen molar-refractivity contribution in [2.45, 2.75) is 207 Å². The third-order valence-corrected chi connectivity index (χ3v) is 8.37. The number of aromatic nitrogens is 2. The molecule has 0 bridgehead atoms. The van der Waals surface area contributed by atoms with Crippen molar-refractivity contribution in [2.75, 3.05) is 0 Å². The Labute approximate surface area is 234 Å². The van der Waals surface area contributed by atoms with E-state index in [2.05, 4.69) is 36.5 Å². The second kappa shape index (κ2) is 26.8. The fourth-order valence-electron chi connectivity index (χ4n) is 5.79. The molecular weight excluding hydrogens is 448 g/mol. The van der Waals surface area contributed by atoms with Gasteiger partial charge < -0.3 is 0 Å². The van der Waals surface area contributed by atoms with Gasteiger partial charge in [0.2, 0.25) is 0 Å². The lowest BCUT2D eigenvalue weighted by Gasteiger charge is -2.06. The van der Waals surface area contributed by atoms with Crippen LogP contribution in [0.2, 0.25) is 0 Å². The molecule has 0 aliphatic heterocycles. The average Bonchev–Trinajstić information content (AvgIpc) is 3.29. The summed E-state index contributed by atoms with van der Waals surface area (Å²) in [6.45, 7) is 8.15. The highest BCUT2D eigenvalue weighted by molar-refractivity contribution is 4.92. The summed E-state index contributed by atoms with van der Waals surface area (Å²) in [5, 5.41) is 0. The molecule has 0 aliphatic rings. The zero-order valence-corrected chi connectivity index (χ0v) is 26.0. The van der Waals surface area contributed by atoms with Crippen LogP contribution in [0.25, 0.3) is 0 Å². The maximum atomic E-state index is 3.65. The highest BCUT2D eigenvalue weighted by atomic mass is 15.1. The van der Waals surface area contributed by atoms with Crippen LogP contribution in [0.5, 0.6) is 0 Å². The average molecular weight is 518 g/mol. The molecule has 0 aliphatic carbocycles. The topological polar surface area (TPSA) is 19.7 Å². The Hall–Kier alpha value is -0.790. The molecule has 0 aromatic carbocycles. The third kappa shape index (κ3) is 19.9. The van der Waals surface area contributed by atoms with Crippen molar-refractivity contribution in [3.63, 3.8) is 0 Å². The van der Waals surface area contributed by atoms with Gasteiger partial charge in [0.25, 0.3) is 5.82 Å². The van der Waals surface area contributed by atoms with Gasteiger partial charge in [-0.1, -0.05) is 162 Å². The van der Waals surface area contributed by atoms with Crippen LogP contribution in [0.15, 0.2) is 6.20 Å². The van der Waals surface area contributed by atoms with E-state index in [4.69, 9.17) is 0 Å². The van der Waals surface area contributed by atoms with Crippen LogP contribution in [-0.4, -0.2) is 4.98 Å². The predicted octanol–water partition coefficient (Wildman–Crippen LogP) is 11.6. The minimum atomic E-state index is 1.21. The molecule has 0 saturated carbocycles. The monoisotopic (exact) mass is 518 g/mol. The summed E-state index contributed by atoms with van der Waals surface area (Å²) < 4.78 is 2.66. The van der Waals surface area contributed by atoms with Gasteiger partial charge >= 0.3 is 0 Å². The Balaban J connectivity index is 2.06. The van der Waals surface area contributed by atoms with Crippen molar-refractivity contribution in [3.05, 3.63) is 17.7 Å². The van der Waals surface area contributed by atoms with Gasteiger partial charge in [-0.3, -0.25) is 0 Å². The van der Waals surface area contributed by atoms with E-state index < -0.39 is 0 Å². The molecule has 0 spiro atoms. The Kier molecular flexibility index (Phi) is 24.8. The van der Waals surface area contributed by atoms with E-state index in [1.807, 2.05) is 0 Å². The number of nitrogens with one attached hydrogen (secondary N) is 1. The molecule has 37 heavy (non-hydrogen) atoms.